The van der Waals surface area contributed by atoms with Crippen LogP contribution in [0.1, 0.15) is 40.4 Å². The van der Waals surface area contributed by atoms with Gasteiger partial charge in [0.1, 0.15) is 0 Å². The summed E-state index contributed by atoms with van der Waals surface area (Å²) in [7, 11) is 0. The molecule has 7 heteroatoms. The van der Waals surface area contributed by atoms with Gasteiger partial charge in [-0.3, -0.25) is 9.59 Å². The van der Waals surface area contributed by atoms with Gasteiger partial charge in [-0.05, 0) is 66.8 Å². The molecule has 0 saturated heterocycles. The van der Waals surface area contributed by atoms with Gasteiger partial charge >= 0.3 is 0 Å². The van der Waals surface area contributed by atoms with Crippen LogP contribution in [0.25, 0.3) is 0 Å². The maximum atomic E-state index is 12.3. The number of nitrogens with two attached hydrogens (primary N) is 1. The lowest BCUT2D eigenvalue weighted by atomic mass is 9.87. The fraction of sp³-hybridized carbons (Fsp3) is 0.300. The molecular formula is C20H22Cl2N2O2S. The summed E-state index contributed by atoms with van der Waals surface area (Å²) in [6, 6.07) is 12.7. The number of carbonyl (C=O) groups excluding carboxylic acids is 2. The molecule has 0 aliphatic heterocycles. The summed E-state index contributed by atoms with van der Waals surface area (Å²) >= 11 is 7.15. The maximum absolute atomic E-state index is 12.3. The van der Waals surface area contributed by atoms with Gasteiger partial charge in [0.25, 0.3) is 0 Å². The normalized spacial score (nSPS) is 15.4. The Hall–Kier alpha value is -1.69. The molecule has 0 fully saturated rings. The minimum atomic E-state index is -0.0476. The van der Waals surface area contributed by atoms with Gasteiger partial charge in [0.15, 0.2) is 5.78 Å². The Morgan fingerprint density at radius 3 is 2.63 bits per heavy atom. The molecule has 2 aromatic rings. The average Bonchev–Trinajstić information content (AvgIpc) is 2.62. The molecule has 0 spiro atoms. The van der Waals surface area contributed by atoms with E-state index in [1.165, 1.54) is 17.3 Å². The number of thioether (sulfide) groups is 1. The highest BCUT2D eigenvalue weighted by Crippen LogP contribution is 2.31. The largest absolute Gasteiger partial charge is 0.399 e. The van der Waals surface area contributed by atoms with Crippen molar-refractivity contribution in [2.45, 2.75) is 25.3 Å². The van der Waals surface area contributed by atoms with E-state index in [9.17, 15) is 9.59 Å². The zero-order valence-electron chi connectivity index (χ0n) is 14.7. The minimum Gasteiger partial charge on any atom is -0.399 e. The number of hydrogen-bond donors (Lipinski definition) is 2. The molecule has 144 valence electrons. The standard InChI is InChI=1S/C20H21ClN2O2S.ClH/c21-15-6-4-13(5-7-15)19(24)11-26-12-20(25)23-18-3-1-2-14-10-16(22)8-9-17(14)18;/h4-10,18H,1-3,11-12,22H2,(H,23,25);1H. The molecule has 0 aromatic heterocycles. The van der Waals surface area contributed by atoms with Crippen LogP contribution in [0.2, 0.25) is 5.02 Å². The van der Waals surface area contributed by atoms with Crippen molar-refractivity contribution in [2.75, 3.05) is 17.2 Å². The highest BCUT2D eigenvalue weighted by atomic mass is 35.5. The molecule has 2 aromatic carbocycles. The molecule has 27 heavy (non-hydrogen) atoms. The number of ketones is 1. The van der Waals surface area contributed by atoms with Crippen molar-refractivity contribution in [3.8, 4) is 0 Å². The molecule has 1 amide bonds. The molecule has 4 nitrogen and oxygen atoms in total. The number of nitrogens with one attached hydrogen (secondary N) is 1. The third-order valence-electron chi connectivity index (χ3n) is 4.45. The molecule has 0 bridgehead atoms. The van der Waals surface area contributed by atoms with Crippen molar-refractivity contribution < 1.29 is 9.59 Å². The van der Waals surface area contributed by atoms with Crippen LogP contribution in [-0.2, 0) is 11.2 Å². The van der Waals surface area contributed by atoms with E-state index in [2.05, 4.69) is 5.32 Å². The van der Waals surface area contributed by atoms with Gasteiger partial charge in [0.05, 0.1) is 17.5 Å². The molecule has 0 saturated carbocycles. The van der Waals surface area contributed by atoms with Gasteiger partial charge in [0, 0.05) is 16.3 Å². The van der Waals surface area contributed by atoms with Crippen molar-refractivity contribution >= 4 is 53.1 Å². The van der Waals surface area contributed by atoms with Gasteiger partial charge in [-0.15, -0.1) is 24.2 Å². The zero-order chi connectivity index (χ0) is 18.5. The summed E-state index contributed by atoms with van der Waals surface area (Å²) in [4.78, 5) is 24.4. The van der Waals surface area contributed by atoms with Crippen LogP contribution >= 0.6 is 35.8 Å². The smallest absolute Gasteiger partial charge is 0.230 e. The Morgan fingerprint density at radius 2 is 1.89 bits per heavy atom. The van der Waals surface area contributed by atoms with E-state index in [0.29, 0.717) is 10.6 Å². The Kier molecular flexibility index (Phi) is 8.02. The topological polar surface area (TPSA) is 72.2 Å². The lowest BCUT2D eigenvalue weighted by molar-refractivity contribution is -0.119. The minimum absolute atomic E-state index is 0. The lowest BCUT2D eigenvalue weighted by Gasteiger charge is -2.26. The third kappa shape index (κ3) is 5.89. The molecule has 0 radical (unpaired) electrons. The number of benzene rings is 2. The van der Waals surface area contributed by atoms with E-state index < -0.39 is 0 Å². The number of rotatable bonds is 6. The average molecular weight is 425 g/mol. The van der Waals surface area contributed by atoms with Crippen molar-refractivity contribution in [3.63, 3.8) is 0 Å². The Balaban J connectivity index is 0.00000261. The molecule has 1 aliphatic carbocycles. The quantitative estimate of drug-likeness (QED) is 0.530. The Bertz CT molecular complexity index is 812. The van der Waals surface area contributed by atoms with E-state index in [0.717, 1.165) is 30.5 Å². The van der Waals surface area contributed by atoms with Crippen LogP contribution in [0.3, 0.4) is 0 Å². The van der Waals surface area contributed by atoms with Crippen LogP contribution in [-0.4, -0.2) is 23.2 Å². The van der Waals surface area contributed by atoms with Crippen molar-refractivity contribution in [1.29, 1.82) is 0 Å². The van der Waals surface area contributed by atoms with Crippen LogP contribution in [0.5, 0.6) is 0 Å². The van der Waals surface area contributed by atoms with Crippen LogP contribution in [0, 0.1) is 0 Å². The molecule has 1 aliphatic rings. The maximum Gasteiger partial charge on any atom is 0.230 e. The van der Waals surface area contributed by atoms with Crippen LogP contribution in [0.15, 0.2) is 42.5 Å². The van der Waals surface area contributed by atoms with E-state index in [-0.39, 0.29) is 41.6 Å². The number of nitrogen functional groups attached to an aromatic ring is 1. The number of halogens is 2. The molecule has 3 N–H and O–H groups in total. The van der Waals surface area contributed by atoms with Crippen molar-refractivity contribution in [3.05, 3.63) is 64.2 Å². The number of amides is 1. The monoisotopic (exact) mass is 424 g/mol. The highest BCUT2D eigenvalue weighted by molar-refractivity contribution is 8.00. The summed E-state index contributed by atoms with van der Waals surface area (Å²) in [6.45, 7) is 0. The lowest BCUT2D eigenvalue weighted by Crippen LogP contribution is -2.32. The second-order valence-electron chi connectivity index (χ2n) is 6.39. The van der Waals surface area contributed by atoms with Crippen molar-refractivity contribution in [2.24, 2.45) is 0 Å². The zero-order valence-corrected chi connectivity index (χ0v) is 17.1. The first kappa shape index (κ1) is 21.6. The van der Waals surface area contributed by atoms with E-state index in [1.807, 2.05) is 18.2 Å². The fourth-order valence-corrected chi connectivity index (χ4v) is 4.02. The Labute approximate surface area is 174 Å². The van der Waals surface area contributed by atoms with Gasteiger partial charge in [-0.2, -0.15) is 0 Å². The van der Waals surface area contributed by atoms with Crippen LogP contribution in [0.4, 0.5) is 5.69 Å². The number of aryl methyl sites for hydroxylation is 1. The first-order valence-corrected chi connectivity index (χ1v) is 10.1. The second-order valence-corrected chi connectivity index (χ2v) is 7.82. The molecular weight excluding hydrogens is 403 g/mol. The first-order chi connectivity index (χ1) is 12.5. The third-order valence-corrected chi connectivity index (χ3v) is 5.63. The summed E-state index contributed by atoms with van der Waals surface area (Å²) in [5.41, 5.74) is 9.59. The van der Waals surface area contributed by atoms with Crippen molar-refractivity contribution in [1.82, 2.24) is 5.32 Å². The molecule has 1 unspecified atom stereocenters. The summed E-state index contributed by atoms with van der Waals surface area (Å²) in [5, 5.41) is 3.69. The van der Waals surface area contributed by atoms with Gasteiger partial charge in [-0.25, -0.2) is 0 Å². The molecule has 3 rings (SSSR count). The highest BCUT2D eigenvalue weighted by Gasteiger charge is 2.22. The van der Waals surface area contributed by atoms with Gasteiger partial charge in [0.2, 0.25) is 5.91 Å². The number of carbonyl (C=O) groups is 2. The van der Waals surface area contributed by atoms with E-state index >= 15 is 0 Å². The summed E-state index contributed by atoms with van der Waals surface area (Å²) < 4.78 is 0. The number of fused-ring (bicyclic) bond motifs is 1. The van der Waals surface area contributed by atoms with Gasteiger partial charge in [-0.1, -0.05) is 17.7 Å². The predicted octanol–water partition coefficient (Wildman–Crippen LogP) is 4.45. The number of anilines is 1. The summed E-state index contributed by atoms with van der Waals surface area (Å²) in [5.74, 6) is 0.485. The molecule has 0 heterocycles. The van der Waals surface area contributed by atoms with E-state index in [4.69, 9.17) is 17.3 Å². The second kappa shape index (κ2) is 10.0. The predicted molar refractivity (Wildman–Crippen MR) is 115 cm³/mol. The fourth-order valence-electron chi connectivity index (χ4n) is 3.18. The molecule has 1 atom stereocenters. The summed E-state index contributed by atoms with van der Waals surface area (Å²) in [6.07, 6.45) is 2.96. The number of Topliss-reactive ketones (excluding diaryl/α,β-unsaturated/α-hetero) is 1. The number of hydrogen-bond acceptors (Lipinski definition) is 4. The SMILES string of the molecule is Cl.Nc1ccc2c(c1)CCCC2NC(=O)CSCC(=O)c1ccc(Cl)cc1. The first-order valence-electron chi connectivity index (χ1n) is 8.57. The van der Waals surface area contributed by atoms with Gasteiger partial charge < -0.3 is 11.1 Å². The van der Waals surface area contributed by atoms with E-state index in [1.54, 1.807) is 24.3 Å². The Morgan fingerprint density at radius 1 is 1.15 bits per heavy atom. The van der Waals surface area contributed by atoms with Crippen LogP contribution < -0.4 is 11.1 Å².